The van der Waals surface area contributed by atoms with Crippen LogP contribution in [0.4, 0.5) is 5.95 Å². The summed E-state index contributed by atoms with van der Waals surface area (Å²) in [6, 6.07) is 12.9. The second kappa shape index (κ2) is 5.09. The number of aromatic amines is 1. The number of benzene rings is 1. The highest BCUT2D eigenvalue weighted by Gasteiger charge is 2.11. The molecule has 0 bridgehead atoms. The van der Waals surface area contributed by atoms with Gasteiger partial charge in [-0.25, -0.2) is 14.8 Å². The summed E-state index contributed by atoms with van der Waals surface area (Å²) in [5, 5.41) is 8.94. The van der Waals surface area contributed by atoms with Crippen LogP contribution in [-0.2, 0) is 0 Å². The summed E-state index contributed by atoms with van der Waals surface area (Å²) >= 11 is 0. The maximum absolute atomic E-state index is 10.9. The quantitative estimate of drug-likeness (QED) is 0.683. The molecule has 1 aromatic carbocycles. The van der Waals surface area contributed by atoms with Crippen molar-refractivity contribution >= 4 is 11.9 Å². The van der Waals surface area contributed by atoms with E-state index in [0.717, 1.165) is 5.56 Å². The van der Waals surface area contributed by atoms with E-state index in [0.29, 0.717) is 17.0 Å². The average Bonchev–Trinajstić information content (AvgIpc) is 2.98. The minimum absolute atomic E-state index is 0.100. The predicted molar refractivity (Wildman–Crippen MR) is 78.6 cm³/mol. The van der Waals surface area contributed by atoms with Crippen LogP contribution in [0.5, 0.6) is 0 Å². The van der Waals surface area contributed by atoms with Crippen LogP contribution in [0.1, 0.15) is 10.5 Å². The second-order valence-corrected chi connectivity index (χ2v) is 4.47. The summed E-state index contributed by atoms with van der Waals surface area (Å²) in [5.74, 6) is -0.879. The molecule has 6 heteroatoms. The summed E-state index contributed by atoms with van der Waals surface area (Å²) in [6.07, 6.45) is 1.58. The van der Waals surface area contributed by atoms with Crippen LogP contribution in [0.15, 0.2) is 48.7 Å². The van der Waals surface area contributed by atoms with Crippen molar-refractivity contribution in [3.63, 3.8) is 0 Å². The van der Waals surface area contributed by atoms with Gasteiger partial charge in [0.05, 0.1) is 11.4 Å². The number of nitrogens with one attached hydrogen (secondary N) is 1. The van der Waals surface area contributed by atoms with Crippen LogP contribution in [0, 0.1) is 0 Å². The molecule has 0 radical (unpaired) electrons. The van der Waals surface area contributed by atoms with Gasteiger partial charge in [-0.2, -0.15) is 0 Å². The van der Waals surface area contributed by atoms with E-state index in [4.69, 9.17) is 10.8 Å². The molecule has 0 aliphatic rings. The molecule has 0 amide bonds. The first kappa shape index (κ1) is 12.9. The Kier molecular flexibility index (Phi) is 3.12. The summed E-state index contributed by atoms with van der Waals surface area (Å²) in [6.45, 7) is 0. The fourth-order valence-corrected chi connectivity index (χ4v) is 2.04. The number of hydrogen-bond acceptors (Lipinski definition) is 4. The molecule has 2 heterocycles. The molecule has 0 aliphatic carbocycles. The van der Waals surface area contributed by atoms with E-state index in [-0.39, 0.29) is 11.6 Å². The first-order valence-electron chi connectivity index (χ1n) is 6.25. The fourth-order valence-electron chi connectivity index (χ4n) is 2.04. The van der Waals surface area contributed by atoms with Gasteiger partial charge in [-0.15, -0.1) is 0 Å². The third kappa shape index (κ3) is 2.59. The number of hydrogen-bond donors (Lipinski definition) is 3. The van der Waals surface area contributed by atoms with Crippen molar-refractivity contribution < 1.29 is 9.90 Å². The van der Waals surface area contributed by atoms with Gasteiger partial charge in [0.25, 0.3) is 0 Å². The number of rotatable bonds is 3. The van der Waals surface area contributed by atoms with Gasteiger partial charge in [0, 0.05) is 17.3 Å². The van der Waals surface area contributed by atoms with Crippen molar-refractivity contribution in [1.29, 1.82) is 0 Å². The molecule has 21 heavy (non-hydrogen) atoms. The molecule has 0 saturated heterocycles. The highest BCUT2D eigenvalue weighted by Crippen LogP contribution is 2.24. The van der Waals surface area contributed by atoms with Gasteiger partial charge in [0.15, 0.2) is 0 Å². The topological polar surface area (TPSA) is 105 Å². The zero-order valence-corrected chi connectivity index (χ0v) is 10.9. The van der Waals surface area contributed by atoms with Crippen molar-refractivity contribution in [2.45, 2.75) is 0 Å². The summed E-state index contributed by atoms with van der Waals surface area (Å²) in [4.78, 5) is 22.0. The van der Waals surface area contributed by atoms with Crippen LogP contribution in [0.3, 0.4) is 0 Å². The van der Waals surface area contributed by atoms with Crippen molar-refractivity contribution in [1.82, 2.24) is 15.0 Å². The van der Waals surface area contributed by atoms with E-state index in [1.54, 1.807) is 12.3 Å². The zero-order chi connectivity index (χ0) is 14.8. The predicted octanol–water partition coefficient (Wildman–Crippen LogP) is 2.42. The van der Waals surface area contributed by atoms with Gasteiger partial charge >= 0.3 is 5.97 Å². The Balaban J connectivity index is 2.07. The van der Waals surface area contributed by atoms with E-state index in [1.165, 1.54) is 6.07 Å². The van der Waals surface area contributed by atoms with Crippen LogP contribution in [0.25, 0.3) is 22.5 Å². The van der Waals surface area contributed by atoms with Crippen LogP contribution in [-0.4, -0.2) is 26.0 Å². The van der Waals surface area contributed by atoms with E-state index < -0.39 is 5.97 Å². The minimum Gasteiger partial charge on any atom is -0.477 e. The number of H-pyrrole nitrogens is 1. The van der Waals surface area contributed by atoms with Crippen molar-refractivity contribution in [3.8, 4) is 22.5 Å². The zero-order valence-electron chi connectivity index (χ0n) is 10.9. The smallest absolute Gasteiger partial charge is 0.352 e. The SMILES string of the molecule is Nc1nc(-c2ccccc2)cc(-c2c[nH]c(C(=O)O)c2)n1. The van der Waals surface area contributed by atoms with E-state index in [9.17, 15) is 4.79 Å². The summed E-state index contributed by atoms with van der Waals surface area (Å²) in [7, 11) is 0. The molecular formula is C15H12N4O2. The first-order valence-corrected chi connectivity index (χ1v) is 6.25. The molecule has 3 aromatic rings. The van der Waals surface area contributed by atoms with Gasteiger partial charge in [-0.3, -0.25) is 0 Å². The second-order valence-electron chi connectivity index (χ2n) is 4.47. The number of nitrogen functional groups attached to an aromatic ring is 1. The number of carboxylic acid groups (broad SMARTS) is 1. The number of carboxylic acids is 1. The lowest BCUT2D eigenvalue weighted by atomic mass is 10.1. The van der Waals surface area contributed by atoms with Gasteiger partial charge in [-0.1, -0.05) is 30.3 Å². The Labute approximate surface area is 120 Å². The Hall–Kier alpha value is -3.15. The number of aromatic carboxylic acids is 1. The molecule has 4 N–H and O–H groups in total. The van der Waals surface area contributed by atoms with E-state index in [1.807, 2.05) is 30.3 Å². The third-order valence-electron chi connectivity index (χ3n) is 3.02. The molecular weight excluding hydrogens is 268 g/mol. The minimum atomic E-state index is -1.02. The maximum atomic E-state index is 10.9. The van der Waals surface area contributed by atoms with Gasteiger partial charge in [0.1, 0.15) is 5.69 Å². The van der Waals surface area contributed by atoms with E-state index in [2.05, 4.69) is 15.0 Å². The lowest BCUT2D eigenvalue weighted by molar-refractivity contribution is 0.0691. The molecule has 104 valence electrons. The van der Waals surface area contributed by atoms with Crippen LogP contribution < -0.4 is 5.73 Å². The Morgan fingerprint density at radius 1 is 1.05 bits per heavy atom. The van der Waals surface area contributed by atoms with Crippen LogP contribution in [0.2, 0.25) is 0 Å². The van der Waals surface area contributed by atoms with Crippen LogP contribution >= 0.6 is 0 Å². The highest BCUT2D eigenvalue weighted by atomic mass is 16.4. The van der Waals surface area contributed by atoms with Gasteiger partial charge in [-0.05, 0) is 12.1 Å². The van der Waals surface area contributed by atoms with Gasteiger partial charge < -0.3 is 15.8 Å². The summed E-state index contributed by atoms with van der Waals surface area (Å²) in [5.41, 5.74) is 8.69. The number of nitrogens with two attached hydrogens (primary N) is 1. The average molecular weight is 280 g/mol. The number of nitrogens with zero attached hydrogens (tertiary/aromatic N) is 2. The standard InChI is InChI=1S/C15H12N4O2/c16-15-18-11(9-4-2-1-3-5-9)7-12(19-15)10-6-13(14(20)21)17-8-10/h1-8,17H,(H,20,21)(H2,16,18,19). The summed E-state index contributed by atoms with van der Waals surface area (Å²) < 4.78 is 0. The maximum Gasteiger partial charge on any atom is 0.352 e. The first-order chi connectivity index (χ1) is 10.1. The Morgan fingerprint density at radius 3 is 2.33 bits per heavy atom. The molecule has 6 nitrogen and oxygen atoms in total. The molecule has 3 rings (SSSR count). The lowest BCUT2D eigenvalue weighted by Gasteiger charge is -2.04. The van der Waals surface area contributed by atoms with Crippen molar-refractivity contribution in [2.75, 3.05) is 5.73 Å². The largest absolute Gasteiger partial charge is 0.477 e. The Morgan fingerprint density at radius 2 is 1.71 bits per heavy atom. The number of carbonyl (C=O) groups is 1. The Bertz CT molecular complexity index is 796. The van der Waals surface area contributed by atoms with Crippen molar-refractivity contribution in [3.05, 3.63) is 54.4 Å². The molecule has 0 saturated carbocycles. The number of aromatic nitrogens is 3. The molecule has 0 spiro atoms. The van der Waals surface area contributed by atoms with E-state index >= 15 is 0 Å². The normalized spacial score (nSPS) is 10.5. The third-order valence-corrected chi connectivity index (χ3v) is 3.02. The fraction of sp³-hybridized carbons (Fsp3) is 0. The number of anilines is 1. The van der Waals surface area contributed by atoms with Crippen molar-refractivity contribution in [2.24, 2.45) is 0 Å². The molecule has 0 atom stereocenters. The highest BCUT2D eigenvalue weighted by molar-refractivity contribution is 5.87. The molecule has 2 aromatic heterocycles. The van der Waals surface area contributed by atoms with Gasteiger partial charge in [0.2, 0.25) is 5.95 Å². The monoisotopic (exact) mass is 280 g/mol. The molecule has 0 fully saturated rings. The molecule has 0 aliphatic heterocycles. The lowest BCUT2D eigenvalue weighted by Crippen LogP contribution is -1.98. The molecule has 0 unspecified atom stereocenters.